The molecular weight excluding hydrogens is 200 g/mol. The Balaban J connectivity index is 2.77. The van der Waals surface area contributed by atoms with Crippen molar-refractivity contribution in [2.75, 3.05) is 6.61 Å². The van der Waals surface area contributed by atoms with Crippen molar-refractivity contribution in [2.24, 2.45) is 0 Å². The third-order valence-corrected chi connectivity index (χ3v) is 2.06. The second-order valence-corrected chi connectivity index (χ2v) is 3.24. The number of fused-ring (bicyclic) bond motifs is 1. The summed E-state index contributed by atoms with van der Waals surface area (Å²) in [5, 5.41) is 7.77. The number of nitrogens with zero attached hydrogens (tertiary/aromatic N) is 2. The molecule has 0 amide bonds. The van der Waals surface area contributed by atoms with Crippen molar-refractivity contribution in [3.8, 4) is 5.88 Å². The number of aryl methyl sites for hydroxylation is 1. The quantitative estimate of drug-likeness (QED) is 0.741. The molecule has 2 rings (SSSR count). The average Bonchev–Trinajstić information content (AvgIpc) is 2.48. The van der Waals surface area contributed by atoms with E-state index < -0.39 is 0 Å². The molecule has 2 aromatic rings. The van der Waals surface area contributed by atoms with Gasteiger partial charge in [-0.2, -0.15) is 10.1 Å². The zero-order valence-corrected chi connectivity index (χ0v) is 8.73. The number of aromatic amines is 2. The van der Waals surface area contributed by atoms with E-state index in [4.69, 9.17) is 17.0 Å². The van der Waals surface area contributed by atoms with Crippen molar-refractivity contribution in [3.63, 3.8) is 0 Å². The molecule has 0 fully saturated rings. The van der Waals surface area contributed by atoms with Gasteiger partial charge in [0, 0.05) is 5.69 Å². The number of nitrogens with one attached hydrogen (secondary N) is 2. The molecule has 0 saturated heterocycles. The highest BCUT2D eigenvalue weighted by molar-refractivity contribution is 7.71. The fourth-order valence-corrected chi connectivity index (χ4v) is 1.48. The molecule has 0 aliphatic rings. The molecule has 6 heteroatoms. The van der Waals surface area contributed by atoms with Gasteiger partial charge in [-0.05, 0) is 26.1 Å². The van der Waals surface area contributed by atoms with E-state index in [1.54, 1.807) is 0 Å². The largest absolute Gasteiger partial charge is 0.477 e. The van der Waals surface area contributed by atoms with Crippen molar-refractivity contribution >= 4 is 23.3 Å². The van der Waals surface area contributed by atoms with Crippen LogP contribution in [0.2, 0.25) is 0 Å². The van der Waals surface area contributed by atoms with E-state index in [0.717, 1.165) is 11.1 Å². The van der Waals surface area contributed by atoms with Gasteiger partial charge in [0.05, 0.1) is 6.61 Å². The Kier molecular flexibility index (Phi) is 2.20. The van der Waals surface area contributed by atoms with Gasteiger partial charge in [0.25, 0.3) is 0 Å². The number of aromatic nitrogens is 4. The van der Waals surface area contributed by atoms with Gasteiger partial charge in [0.15, 0.2) is 5.65 Å². The van der Waals surface area contributed by atoms with E-state index in [1.807, 2.05) is 13.8 Å². The Morgan fingerprint density at radius 3 is 3.00 bits per heavy atom. The van der Waals surface area contributed by atoms with E-state index in [9.17, 15) is 0 Å². The van der Waals surface area contributed by atoms with Crippen molar-refractivity contribution in [1.29, 1.82) is 0 Å². The average molecular weight is 210 g/mol. The summed E-state index contributed by atoms with van der Waals surface area (Å²) in [4.78, 5) is 6.99. The van der Waals surface area contributed by atoms with Gasteiger partial charge in [-0.15, -0.1) is 0 Å². The highest BCUT2D eigenvalue weighted by Crippen LogP contribution is 2.22. The Morgan fingerprint density at radius 2 is 2.29 bits per heavy atom. The third-order valence-electron chi connectivity index (χ3n) is 1.87. The Morgan fingerprint density at radius 1 is 1.50 bits per heavy atom. The maximum Gasteiger partial charge on any atom is 0.229 e. The Hall–Kier alpha value is -1.43. The van der Waals surface area contributed by atoms with Gasteiger partial charge in [-0.3, -0.25) is 5.10 Å². The minimum atomic E-state index is 0.382. The summed E-state index contributed by atoms with van der Waals surface area (Å²) < 4.78 is 5.76. The predicted octanol–water partition coefficient (Wildman–Crippen LogP) is 1.72. The molecule has 0 radical (unpaired) electrons. The van der Waals surface area contributed by atoms with Crippen LogP contribution >= 0.6 is 12.2 Å². The molecule has 0 bridgehead atoms. The van der Waals surface area contributed by atoms with E-state index in [-0.39, 0.29) is 0 Å². The maximum atomic E-state index is 5.38. The molecule has 74 valence electrons. The van der Waals surface area contributed by atoms with E-state index in [0.29, 0.717) is 22.9 Å². The first-order valence-electron chi connectivity index (χ1n) is 4.30. The highest BCUT2D eigenvalue weighted by atomic mass is 32.1. The zero-order chi connectivity index (χ0) is 10.1. The van der Waals surface area contributed by atoms with Crippen LogP contribution in [0, 0.1) is 11.7 Å². The first-order valence-corrected chi connectivity index (χ1v) is 4.71. The number of hydrogen-bond donors (Lipinski definition) is 2. The molecule has 0 unspecified atom stereocenters. The van der Waals surface area contributed by atoms with Crippen molar-refractivity contribution in [3.05, 3.63) is 10.5 Å². The topological polar surface area (TPSA) is 66.6 Å². The number of ether oxygens (including phenoxy) is 1. The summed E-state index contributed by atoms with van der Waals surface area (Å²) in [6.07, 6.45) is 0. The predicted molar refractivity (Wildman–Crippen MR) is 55.0 cm³/mol. The smallest absolute Gasteiger partial charge is 0.229 e. The molecule has 14 heavy (non-hydrogen) atoms. The monoisotopic (exact) mass is 210 g/mol. The van der Waals surface area contributed by atoms with Gasteiger partial charge in [0.2, 0.25) is 10.7 Å². The second kappa shape index (κ2) is 3.38. The number of rotatable bonds is 2. The molecule has 0 aromatic carbocycles. The van der Waals surface area contributed by atoms with Crippen LogP contribution in [0.15, 0.2) is 0 Å². The van der Waals surface area contributed by atoms with Crippen molar-refractivity contribution in [1.82, 2.24) is 20.2 Å². The van der Waals surface area contributed by atoms with Crippen LogP contribution in [0.4, 0.5) is 0 Å². The minimum Gasteiger partial charge on any atom is -0.477 e. The molecule has 2 aromatic heterocycles. The maximum absolute atomic E-state index is 5.38. The first kappa shape index (κ1) is 9.14. The normalized spacial score (nSPS) is 10.7. The second-order valence-electron chi connectivity index (χ2n) is 2.85. The van der Waals surface area contributed by atoms with Gasteiger partial charge < -0.3 is 9.72 Å². The molecular formula is C8H10N4OS. The summed E-state index contributed by atoms with van der Waals surface area (Å²) in [5.74, 6) is 0.539. The summed E-state index contributed by atoms with van der Waals surface area (Å²) >= 11 is 4.95. The molecule has 0 spiro atoms. The SMILES string of the molecule is CCOc1nc(=S)[nH]c2n[nH]c(C)c12. The van der Waals surface area contributed by atoms with E-state index in [2.05, 4.69) is 20.2 Å². The minimum absolute atomic E-state index is 0.382. The third kappa shape index (κ3) is 1.37. The summed E-state index contributed by atoms with van der Waals surface area (Å²) in [5.41, 5.74) is 1.60. The van der Waals surface area contributed by atoms with Crippen molar-refractivity contribution < 1.29 is 4.74 Å². The van der Waals surface area contributed by atoms with Gasteiger partial charge in [-0.25, -0.2) is 0 Å². The molecule has 0 atom stereocenters. The van der Waals surface area contributed by atoms with Crippen LogP contribution in [0.3, 0.4) is 0 Å². The highest BCUT2D eigenvalue weighted by Gasteiger charge is 2.09. The van der Waals surface area contributed by atoms with Crippen LogP contribution in [-0.2, 0) is 0 Å². The Labute approximate surface area is 85.5 Å². The fraction of sp³-hybridized carbons (Fsp3) is 0.375. The van der Waals surface area contributed by atoms with Gasteiger partial charge in [0.1, 0.15) is 5.39 Å². The molecule has 5 nitrogen and oxygen atoms in total. The molecule has 0 aliphatic carbocycles. The lowest BCUT2D eigenvalue weighted by molar-refractivity contribution is 0.330. The van der Waals surface area contributed by atoms with E-state index in [1.165, 1.54) is 0 Å². The van der Waals surface area contributed by atoms with Crippen LogP contribution in [0.1, 0.15) is 12.6 Å². The number of hydrogen-bond acceptors (Lipinski definition) is 4. The summed E-state index contributed by atoms with van der Waals surface area (Å²) in [6.45, 7) is 4.38. The van der Waals surface area contributed by atoms with Crippen molar-refractivity contribution in [2.45, 2.75) is 13.8 Å². The number of H-pyrrole nitrogens is 2. The first-order chi connectivity index (χ1) is 6.72. The van der Waals surface area contributed by atoms with Crippen LogP contribution in [0.5, 0.6) is 5.88 Å². The molecule has 2 N–H and O–H groups in total. The van der Waals surface area contributed by atoms with Crippen LogP contribution < -0.4 is 4.74 Å². The zero-order valence-electron chi connectivity index (χ0n) is 7.92. The fourth-order valence-electron chi connectivity index (χ4n) is 1.30. The lowest BCUT2D eigenvalue weighted by Crippen LogP contribution is -1.97. The van der Waals surface area contributed by atoms with E-state index >= 15 is 0 Å². The molecule has 0 aliphatic heterocycles. The Bertz CT molecular complexity index is 516. The van der Waals surface area contributed by atoms with Gasteiger partial charge in [-0.1, -0.05) is 0 Å². The molecule has 0 saturated carbocycles. The summed E-state index contributed by atoms with van der Waals surface area (Å²) in [6, 6.07) is 0. The van der Waals surface area contributed by atoms with Crippen LogP contribution in [0.25, 0.3) is 11.0 Å². The standard InChI is InChI=1S/C8H10N4OS/c1-3-13-7-5-4(2)11-12-6(5)9-8(14)10-7/h3H2,1-2H3,(H2,9,10,11,12,14). The van der Waals surface area contributed by atoms with Gasteiger partial charge >= 0.3 is 0 Å². The van der Waals surface area contributed by atoms with Crippen LogP contribution in [-0.4, -0.2) is 26.8 Å². The summed E-state index contributed by atoms with van der Waals surface area (Å²) in [7, 11) is 0. The molecule has 2 heterocycles. The lowest BCUT2D eigenvalue weighted by Gasteiger charge is -2.02. The lowest BCUT2D eigenvalue weighted by atomic mass is 10.3.